The smallest absolute Gasteiger partial charge is 0.339 e. The van der Waals surface area contributed by atoms with E-state index in [9.17, 15) is 18.8 Å². The lowest BCUT2D eigenvalue weighted by atomic mass is 10.0. The predicted molar refractivity (Wildman–Crippen MR) is 98.2 cm³/mol. The molecule has 144 valence electrons. The van der Waals surface area contributed by atoms with Crippen molar-refractivity contribution < 1.29 is 23.5 Å². The summed E-state index contributed by atoms with van der Waals surface area (Å²) in [6.45, 7) is 4.72. The molecule has 1 unspecified atom stereocenters. The van der Waals surface area contributed by atoms with Gasteiger partial charge in [0.25, 0.3) is 0 Å². The van der Waals surface area contributed by atoms with Crippen molar-refractivity contribution in [3.05, 3.63) is 58.2 Å². The fraction of sp³-hybridized carbons (Fsp3) is 0.350. The summed E-state index contributed by atoms with van der Waals surface area (Å²) in [4.78, 5) is 40.9. The number of likely N-dealkylation sites (N-methyl/N-ethyl adjacent to an activating group) is 1. The van der Waals surface area contributed by atoms with E-state index < -0.39 is 17.8 Å². The third-order valence-electron chi connectivity index (χ3n) is 4.73. The summed E-state index contributed by atoms with van der Waals surface area (Å²) in [6, 6.07) is 5.75. The number of ether oxygens (including phenoxy) is 1. The number of benzene rings is 1. The number of H-pyrrole nitrogens is 1. The minimum Gasteiger partial charge on any atom is -0.465 e. The van der Waals surface area contributed by atoms with E-state index in [1.807, 2.05) is 0 Å². The Morgan fingerprint density at radius 3 is 2.44 bits per heavy atom. The van der Waals surface area contributed by atoms with Crippen molar-refractivity contribution in [1.29, 1.82) is 0 Å². The van der Waals surface area contributed by atoms with Crippen LogP contribution >= 0.6 is 0 Å². The Labute approximate surface area is 157 Å². The first-order valence-electron chi connectivity index (χ1n) is 8.49. The van der Waals surface area contributed by atoms with E-state index in [1.165, 1.54) is 25.0 Å². The van der Waals surface area contributed by atoms with Crippen LogP contribution in [0, 0.1) is 12.7 Å². The number of methoxy groups -OCH3 is 1. The maximum absolute atomic E-state index is 14.0. The summed E-state index contributed by atoms with van der Waals surface area (Å²) in [5.74, 6) is -1.59. The number of rotatable bonds is 6. The van der Waals surface area contributed by atoms with Gasteiger partial charge in [-0.3, -0.25) is 9.59 Å². The van der Waals surface area contributed by atoms with Gasteiger partial charge in [0.05, 0.1) is 30.8 Å². The molecule has 7 heteroatoms. The van der Waals surface area contributed by atoms with Gasteiger partial charge >= 0.3 is 5.97 Å². The normalized spacial score (nSPS) is 11.8. The highest BCUT2D eigenvalue weighted by molar-refractivity contribution is 6.01. The molecular formula is C20H23FN2O4. The molecule has 0 aliphatic carbocycles. The first kappa shape index (κ1) is 20.4. The van der Waals surface area contributed by atoms with Crippen molar-refractivity contribution >= 4 is 17.7 Å². The van der Waals surface area contributed by atoms with Gasteiger partial charge in [0, 0.05) is 25.2 Å². The summed E-state index contributed by atoms with van der Waals surface area (Å²) in [6.07, 6.45) is -0.145. The van der Waals surface area contributed by atoms with Crippen molar-refractivity contribution in [3.63, 3.8) is 0 Å². The van der Waals surface area contributed by atoms with E-state index in [2.05, 4.69) is 4.98 Å². The Morgan fingerprint density at radius 1 is 1.26 bits per heavy atom. The maximum Gasteiger partial charge on any atom is 0.339 e. The van der Waals surface area contributed by atoms with Crippen LogP contribution in [0.1, 0.15) is 57.6 Å². The highest BCUT2D eigenvalue weighted by Crippen LogP contribution is 2.24. The SMILES string of the molecule is COC(=O)c1c(CC(=O)N(C)C(C)c2ccccc2F)[nH]c(C(C)=O)c1C. The molecule has 0 saturated carbocycles. The standard InChI is InChI=1S/C20H23FN2O4/c1-11-18(20(26)27-5)16(22-19(11)13(3)24)10-17(25)23(4)12(2)14-8-6-7-9-15(14)21/h6-9,12,22H,10H2,1-5H3. The van der Waals surface area contributed by atoms with Gasteiger partial charge in [0.1, 0.15) is 5.82 Å². The number of hydrogen-bond donors (Lipinski definition) is 1. The van der Waals surface area contributed by atoms with Gasteiger partial charge in [-0.25, -0.2) is 9.18 Å². The molecule has 0 fully saturated rings. The molecule has 1 atom stereocenters. The molecule has 1 heterocycles. The number of carbonyl (C=O) groups is 3. The molecular weight excluding hydrogens is 351 g/mol. The number of hydrogen-bond acceptors (Lipinski definition) is 4. The Bertz CT molecular complexity index is 888. The first-order valence-corrected chi connectivity index (χ1v) is 8.49. The average molecular weight is 374 g/mol. The monoisotopic (exact) mass is 374 g/mol. The third kappa shape index (κ3) is 4.07. The van der Waals surface area contributed by atoms with Crippen molar-refractivity contribution in [1.82, 2.24) is 9.88 Å². The second-order valence-electron chi connectivity index (χ2n) is 6.41. The molecule has 0 radical (unpaired) electrons. The van der Waals surface area contributed by atoms with E-state index in [4.69, 9.17) is 4.74 Å². The minimum atomic E-state index is -0.621. The number of aromatic amines is 1. The highest BCUT2D eigenvalue weighted by Gasteiger charge is 2.27. The Kier molecular flexibility index (Phi) is 6.15. The largest absolute Gasteiger partial charge is 0.465 e. The van der Waals surface area contributed by atoms with Gasteiger partial charge in [0.15, 0.2) is 5.78 Å². The fourth-order valence-electron chi connectivity index (χ4n) is 3.04. The number of nitrogens with zero attached hydrogens (tertiary/aromatic N) is 1. The van der Waals surface area contributed by atoms with E-state index in [0.29, 0.717) is 16.8 Å². The Balaban J connectivity index is 2.32. The zero-order valence-corrected chi connectivity index (χ0v) is 16.1. The summed E-state index contributed by atoms with van der Waals surface area (Å²) in [7, 11) is 2.80. The van der Waals surface area contributed by atoms with E-state index >= 15 is 0 Å². The van der Waals surface area contributed by atoms with Crippen LogP contribution in [0.15, 0.2) is 24.3 Å². The number of carbonyl (C=O) groups excluding carboxylic acids is 3. The fourth-order valence-corrected chi connectivity index (χ4v) is 3.04. The number of esters is 1. The van der Waals surface area contributed by atoms with Gasteiger partial charge in [0.2, 0.25) is 5.91 Å². The van der Waals surface area contributed by atoms with Crippen LogP contribution in [0.5, 0.6) is 0 Å². The molecule has 27 heavy (non-hydrogen) atoms. The second-order valence-corrected chi connectivity index (χ2v) is 6.41. The van der Waals surface area contributed by atoms with Crippen LogP contribution in [0.3, 0.4) is 0 Å². The van der Waals surface area contributed by atoms with Crippen LogP contribution in [-0.4, -0.2) is 41.7 Å². The molecule has 1 aromatic carbocycles. The lowest BCUT2D eigenvalue weighted by molar-refractivity contribution is -0.131. The van der Waals surface area contributed by atoms with Crippen LogP contribution in [0.2, 0.25) is 0 Å². The molecule has 1 amide bonds. The first-order chi connectivity index (χ1) is 12.7. The maximum atomic E-state index is 14.0. The van der Waals surface area contributed by atoms with Crippen molar-refractivity contribution in [2.45, 2.75) is 33.2 Å². The summed E-state index contributed by atoms with van der Waals surface area (Å²) < 4.78 is 18.8. The highest BCUT2D eigenvalue weighted by atomic mass is 19.1. The Morgan fingerprint density at radius 2 is 1.89 bits per heavy atom. The number of ketones is 1. The topological polar surface area (TPSA) is 79.5 Å². The Hall–Kier alpha value is -2.96. The zero-order chi connectivity index (χ0) is 20.3. The molecule has 2 rings (SSSR count). The zero-order valence-electron chi connectivity index (χ0n) is 16.1. The third-order valence-corrected chi connectivity index (χ3v) is 4.73. The van der Waals surface area contributed by atoms with Gasteiger partial charge in [-0.05, 0) is 25.5 Å². The van der Waals surface area contributed by atoms with Crippen molar-refractivity contribution in [2.24, 2.45) is 0 Å². The molecule has 0 bridgehead atoms. The molecule has 2 aromatic rings. The van der Waals surface area contributed by atoms with Crippen LogP contribution in [0.25, 0.3) is 0 Å². The van der Waals surface area contributed by atoms with Gasteiger partial charge < -0.3 is 14.6 Å². The average Bonchev–Trinajstić information content (AvgIpc) is 2.96. The van der Waals surface area contributed by atoms with Crippen LogP contribution < -0.4 is 0 Å². The van der Waals surface area contributed by atoms with Crippen molar-refractivity contribution in [2.75, 3.05) is 14.2 Å². The number of aromatic nitrogens is 1. The van der Waals surface area contributed by atoms with Crippen LogP contribution in [0.4, 0.5) is 4.39 Å². The molecule has 1 N–H and O–H groups in total. The van der Waals surface area contributed by atoms with Gasteiger partial charge in [-0.15, -0.1) is 0 Å². The number of nitrogens with one attached hydrogen (secondary N) is 1. The quantitative estimate of drug-likeness (QED) is 0.622. The molecule has 0 spiro atoms. The van der Waals surface area contributed by atoms with Gasteiger partial charge in [-0.2, -0.15) is 0 Å². The van der Waals surface area contributed by atoms with E-state index in [-0.39, 0.29) is 29.4 Å². The van der Waals surface area contributed by atoms with Gasteiger partial charge in [-0.1, -0.05) is 18.2 Å². The summed E-state index contributed by atoms with van der Waals surface area (Å²) in [5, 5.41) is 0. The summed E-state index contributed by atoms with van der Waals surface area (Å²) in [5.41, 5.74) is 1.60. The number of amides is 1. The van der Waals surface area contributed by atoms with E-state index in [1.54, 1.807) is 39.1 Å². The molecule has 0 aliphatic rings. The molecule has 1 aromatic heterocycles. The van der Waals surface area contributed by atoms with E-state index in [0.717, 1.165) is 0 Å². The van der Waals surface area contributed by atoms with Crippen molar-refractivity contribution in [3.8, 4) is 0 Å². The summed E-state index contributed by atoms with van der Waals surface area (Å²) >= 11 is 0. The predicted octanol–water partition coefficient (Wildman–Crippen LogP) is 3.21. The minimum absolute atomic E-state index is 0.145. The molecule has 0 saturated heterocycles. The number of Topliss-reactive ketones (excluding diaryl/α,β-unsaturated/α-hetero) is 1. The molecule has 0 aliphatic heterocycles. The lowest BCUT2D eigenvalue weighted by Gasteiger charge is -2.25. The lowest BCUT2D eigenvalue weighted by Crippen LogP contribution is -2.32. The second kappa shape index (κ2) is 8.16. The molecule has 6 nitrogen and oxygen atoms in total. The number of halogens is 1. The van der Waals surface area contributed by atoms with Crippen LogP contribution in [-0.2, 0) is 16.0 Å².